The van der Waals surface area contributed by atoms with Crippen LogP contribution in [-0.4, -0.2) is 44.2 Å². The predicted octanol–water partition coefficient (Wildman–Crippen LogP) is 2.46. The maximum Gasteiger partial charge on any atom is 0.256 e. The molecule has 1 amide bonds. The Hall–Kier alpha value is -2.44. The zero-order valence-electron chi connectivity index (χ0n) is 14.2. The first-order valence-electron chi connectivity index (χ1n) is 8.43. The van der Waals surface area contributed by atoms with Gasteiger partial charge in [0.1, 0.15) is 6.33 Å². The number of ether oxygens (including phenoxy) is 1. The van der Waals surface area contributed by atoms with E-state index in [1.54, 1.807) is 31.8 Å². The quantitative estimate of drug-likeness (QED) is 0.842. The Morgan fingerprint density at radius 2 is 2.25 bits per heavy atom. The molecule has 1 aliphatic rings. The van der Waals surface area contributed by atoms with Gasteiger partial charge >= 0.3 is 0 Å². The van der Waals surface area contributed by atoms with E-state index < -0.39 is 0 Å². The highest BCUT2D eigenvalue weighted by molar-refractivity contribution is 5.94. The first-order valence-corrected chi connectivity index (χ1v) is 8.43. The lowest BCUT2D eigenvalue weighted by atomic mass is 10.00. The number of aromatic nitrogens is 4. The molecule has 1 saturated heterocycles. The molecule has 24 heavy (non-hydrogen) atoms. The Labute approximate surface area is 141 Å². The summed E-state index contributed by atoms with van der Waals surface area (Å²) in [5, 5.41) is 8.35. The van der Waals surface area contributed by atoms with E-state index in [9.17, 15) is 4.79 Å². The summed E-state index contributed by atoms with van der Waals surface area (Å²) in [6, 6.07) is 3.45. The van der Waals surface area contributed by atoms with Crippen LogP contribution in [0.1, 0.15) is 54.8 Å². The number of methoxy groups -OCH3 is 1. The number of pyridine rings is 1. The van der Waals surface area contributed by atoms with Gasteiger partial charge < -0.3 is 14.2 Å². The van der Waals surface area contributed by atoms with E-state index in [-0.39, 0.29) is 11.9 Å². The minimum absolute atomic E-state index is 0.0131. The molecule has 0 saturated carbocycles. The molecular weight excluding hydrogens is 306 g/mol. The van der Waals surface area contributed by atoms with Crippen LogP contribution in [0.2, 0.25) is 0 Å². The van der Waals surface area contributed by atoms with Crippen LogP contribution in [0, 0.1) is 0 Å². The summed E-state index contributed by atoms with van der Waals surface area (Å²) in [6.07, 6.45) is 7.35. The number of carbonyl (C=O) groups is 1. The average Bonchev–Trinajstić information content (AvgIpc) is 3.09. The molecule has 0 bridgehead atoms. The van der Waals surface area contributed by atoms with Crippen LogP contribution >= 0.6 is 0 Å². The third-order valence-corrected chi connectivity index (χ3v) is 4.36. The molecule has 1 fully saturated rings. The van der Waals surface area contributed by atoms with E-state index >= 15 is 0 Å². The van der Waals surface area contributed by atoms with Crippen molar-refractivity contribution in [1.82, 2.24) is 24.6 Å². The molecule has 0 N–H and O–H groups in total. The summed E-state index contributed by atoms with van der Waals surface area (Å²) in [4.78, 5) is 19.0. The summed E-state index contributed by atoms with van der Waals surface area (Å²) >= 11 is 0. The zero-order chi connectivity index (χ0) is 16.9. The fourth-order valence-corrected chi connectivity index (χ4v) is 3.17. The number of piperidine rings is 1. The predicted molar refractivity (Wildman–Crippen MR) is 88.7 cm³/mol. The lowest BCUT2D eigenvalue weighted by Gasteiger charge is -2.35. The Kier molecular flexibility index (Phi) is 5.08. The normalized spacial score (nSPS) is 17.8. The molecule has 0 unspecified atom stereocenters. The van der Waals surface area contributed by atoms with E-state index in [4.69, 9.17) is 4.74 Å². The molecule has 1 aliphatic heterocycles. The van der Waals surface area contributed by atoms with Crippen molar-refractivity contribution in [1.29, 1.82) is 0 Å². The molecule has 3 heterocycles. The van der Waals surface area contributed by atoms with Crippen molar-refractivity contribution in [2.45, 2.75) is 45.2 Å². The van der Waals surface area contributed by atoms with Gasteiger partial charge in [0.05, 0.1) is 18.7 Å². The van der Waals surface area contributed by atoms with E-state index in [1.807, 2.05) is 4.90 Å². The molecule has 0 spiro atoms. The van der Waals surface area contributed by atoms with E-state index in [0.29, 0.717) is 11.4 Å². The minimum atomic E-state index is -0.0256. The highest BCUT2D eigenvalue weighted by Gasteiger charge is 2.32. The van der Waals surface area contributed by atoms with Gasteiger partial charge in [0, 0.05) is 25.4 Å². The van der Waals surface area contributed by atoms with Gasteiger partial charge in [0.25, 0.3) is 5.91 Å². The molecule has 1 atom stereocenters. The number of likely N-dealkylation sites (tertiary alicyclic amines) is 1. The monoisotopic (exact) mass is 329 g/mol. The van der Waals surface area contributed by atoms with E-state index in [2.05, 4.69) is 26.7 Å². The molecule has 3 rings (SSSR count). The van der Waals surface area contributed by atoms with Gasteiger partial charge in [-0.3, -0.25) is 4.79 Å². The maximum absolute atomic E-state index is 13.0. The smallest absolute Gasteiger partial charge is 0.256 e. The first-order chi connectivity index (χ1) is 11.7. The second-order valence-corrected chi connectivity index (χ2v) is 5.98. The van der Waals surface area contributed by atoms with Crippen LogP contribution in [0.3, 0.4) is 0 Å². The number of hydrogen-bond donors (Lipinski definition) is 0. The van der Waals surface area contributed by atoms with Gasteiger partial charge in [-0.2, -0.15) is 0 Å². The topological polar surface area (TPSA) is 73.1 Å². The molecule has 2 aromatic rings. The number of carbonyl (C=O) groups excluding carboxylic acids is 1. The van der Waals surface area contributed by atoms with Crippen molar-refractivity contribution in [3.8, 4) is 5.88 Å². The minimum Gasteiger partial charge on any atom is -0.481 e. The van der Waals surface area contributed by atoms with Crippen molar-refractivity contribution in [2.75, 3.05) is 13.7 Å². The van der Waals surface area contributed by atoms with Crippen LogP contribution in [0.5, 0.6) is 5.88 Å². The third kappa shape index (κ3) is 3.25. The van der Waals surface area contributed by atoms with Crippen molar-refractivity contribution in [2.24, 2.45) is 0 Å². The van der Waals surface area contributed by atoms with Gasteiger partial charge in [-0.15, -0.1) is 10.2 Å². The number of hydrogen-bond acceptors (Lipinski definition) is 5. The maximum atomic E-state index is 13.0. The fourth-order valence-electron chi connectivity index (χ4n) is 3.17. The number of nitrogens with zero attached hydrogens (tertiary/aromatic N) is 5. The van der Waals surface area contributed by atoms with Gasteiger partial charge in [0.2, 0.25) is 5.88 Å². The summed E-state index contributed by atoms with van der Waals surface area (Å²) in [7, 11) is 1.56. The number of aryl methyl sites for hydroxylation is 1. The number of rotatable bonds is 5. The molecule has 0 radical (unpaired) electrons. The fraction of sp³-hybridized carbons (Fsp3) is 0.529. The third-order valence-electron chi connectivity index (χ3n) is 4.36. The van der Waals surface area contributed by atoms with E-state index in [0.717, 1.165) is 44.6 Å². The Bertz CT molecular complexity index is 683. The average molecular weight is 329 g/mol. The molecule has 2 aromatic heterocycles. The molecule has 128 valence electrons. The molecule has 7 nitrogen and oxygen atoms in total. The highest BCUT2D eigenvalue weighted by atomic mass is 16.5. The second-order valence-electron chi connectivity index (χ2n) is 5.98. The van der Waals surface area contributed by atoms with Crippen LogP contribution < -0.4 is 4.74 Å². The lowest BCUT2D eigenvalue weighted by molar-refractivity contribution is 0.0594. The van der Waals surface area contributed by atoms with Gasteiger partial charge in [-0.05, 0) is 31.7 Å². The summed E-state index contributed by atoms with van der Waals surface area (Å²) in [6.45, 7) is 3.72. The summed E-state index contributed by atoms with van der Waals surface area (Å²) in [5.41, 5.74) is 0.573. The van der Waals surface area contributed by atoms with Crippen LogP contribution in [-0.2, 0) is 6.54 Å². The SMILES string of the molecule is CCCn1cnnc1[C@@H]1CCCCN1C(=O)c1ccc(OC)nc1. The second kappa shape index (κ2) is 7.42. The van der Waals surface area contributed by atoms with Crippen molar-refractivity contribution in [3.63, 3.8) is 0 Å². The van der Waals surface area contributed by atoms with Crippen molar-refractivity contribution in [3.05, 3.63) is 36.0 Å². The van der Waals surface area contributed by atoms with Gasteiger partial charge in [-0.1, -0.05) is 6.92 Å². The molecule has 7 heteroatoms. The summed E-state index contributed by atoms with van der Waals surface area (Å²) < 4.78 is 7.12. The van der Waals surface area contributed by atoms with Gasteiger partial charge in [0.15, 0.2) is 5.82 Å². The van der Waals surface area contributed by atoms with Crippen molar-refractivity contribution < 1.29 is 9.53 Å². The highest BCUT2D eigenvalue weighted by Crippen LogP contribution is 2.31. The van der Waals surface area contributed by atoms with Crippen LogP contribution in [0.25, 0.3) is 0 Å². The Morgan fingerprint density at radius 1 is 1.38 bits per heavy atom. The lowest BCUT2D eigenvalue weighted by Crippen LogP contribution is -2.39. The standard InChI is InChI=1S/C17H23N5O2/c1-3-9-21-12-19-20-16(21)14-6-4-5-10-22(14)17(23)13-7-8-15(24-2)18-11-13/h7-8,11-12,14H,3-6,9-10H2,1-2H3/t14-/m0/s1. The Morgan fingerprint density at radius 3 is 2.96 bits per heavy atom. The molecule has 0 aromatic carbocycles. The van der Waals surface area contributed by atoms with Crippen LogP contribution in [0.4, 0.5) is 0 Å². The number of amides is 1. The first kappa shape index (κ1) is 16.4. The zero-order valence-corrected chi connectivity index (χ0v) is 14.2. The van der Waals surface area contributed by atoms with E-state index in [1.165, 1.54) is 0 Å². The summed E-state index contributed by atoms with van der Waals surface area (Å²) in [5.74, 6) is 1.37. The molecular formula is C17H23N5O2. The van der Waals surface area contributed by atoms with Crippen molar-refractivity contribution >= 4 is 5.91 Å². The van der Waals surface area contributed by atoms with Gasteiger partial charge in [-0.25, -0.2) is 4.98 Å². The largest absolute Gasteiger partial charge is 0.481 e. The molecule has 0 aliphatic carbocycles. The Balaban J connectivity index is 1.85. The van der Waals surface area contributed by atoms with Crippen LogP contribution in [0.15, 0.2) is 24.7 Å².